The predicted octanol–water partition coefficient (Wildman–Crippen LogP) is 5.93. The molecule has 0 radical (unpaired) electrons. The van der Waals surface area contributed by atoms with Gasteiger partial charge in [-0.2, -0.15) is 0 Å². The van der Waals surface area contributed by atoms with Gasteiger partial charge in [0.25, 0.3) is 5.69 Å². The lowest BCUT2D eigenvalue weighted by atomic mass is 10.0. The van der Waals surface area contributed by atoms with Crippen molar-refractivity contribution in [3.63, 3.8) is 0 Å². The topological polar surface area (TPSA) is 58.8 Å². The fourth-order valence-corrected chi connectivity index (χ4v) is 4.42. The van der Waals surface area contributed by atoms with E-state index in [-0.39, 0.29) is 23.5 Å². The Morgan fingerprint density at radius 3 is 1.83 bits per heavy atom. The highest BCUT2D eigenvalue weighted by Gasteiger charge is 2.28. The van der Waals surface area contributed by atoms with Gasteiger partial charge in [0.15, 0.2) is 0 Å². The Hall–Kier alpha value is -3.36. The van der Waals surface area contributed by atoms with Crippen LogP contribution in [0.25, 0.3) is 0 Å². The van der Waals surface area contributed by atoms with Crippen molar-refractivity contribution in [3.8, 4) is 0 Å². The average molecular weight is 482 g/mol. The largest absolute Gasteiger partial charge is 0.369 e. The van der Waals surface area contributed by atoms with Gasteiger partial charge in [0.1, 0.15) is 24.0 Å². The van der Waals surface area contributed by atoms with Crippen LogP contribution in [-0.4, -0.2) is 42.2 Å². The van der Waals surface area contributed by atoms with E-state index >= 15 is 0 Å². The summed E-state index contributed by atoms with van der Waals surface area (Å²) < 4.78 is 33.8. The number of nitrogens with zero attached hydrogens (tertiary/aromatic N) is 3. The first-order valence-corrected chi connectivity index (χ1v) is 11.8. The predicted molar refractivity (Wildman–Crippen MR) is 131 cm³/mol. The number of nitro groups is 1. The highest BCUT2D eigenvalue weighted by atomic mass is 19.1. The summed E-state index contributed by atoms with van der Waals surface area (Å²) in [6.07, 6.45) is 1.11. The normalized spacial score (nSPS) is 15.4. The van der Waals surface area contributed by atoms with Gasteiger partial charge in [-0.3, -0.25) is 15.0 Å². The maximum Gasteiger partial charge on any atom is 0.269 e. The van der Waals surface area contributed by atoms with E-state index in [0.29, 0.717) is 0 Å². The number of ether oxygens (including phenoxy) is 1. The van der Waals surface area contributed by atoms with Gasteiger partial charge < -0.3 is 9.64 Å². The molecule has 1 aliphatic rings. The molecule has 0 aliphatic carbocycles. The zero-order valence-corrected chi connectivity index (χ0v) is 19.6. The fraction of sp³-hybridized carbons (Fsp3) is 0.333. The highest BCUT2D eigenvalue weighted by Crippen LogP contribution is 2.31. The molecule has 35 heavy (non-hydrogen) atoms. The van der Waals surface area contributed by atoms with Gasteiger partial charge in [-0.1, -0.05) is 37.6 Å². The van der Waals surface area contributed by atoms with Crippen molar-refractivity contribution in [2.24, 2.45) is 0 Å². The minimum atomic E-state index is -0.458. The molecule has 0 spiro atoms. The van der Waals surface area contributed by atoms with Crippen molar-refractivity contribution < 1.29 is 18.4 Å². The minimum Gasteiger partial charge on any atom is -0.369 e. The van der Waals surface area contributed by atoms with Crippen molar-refractivity contribution >= 4 is 11.4 Å². The second kappa shape index (κ2) is 11.4. The molecule has 0 N–H and O–H groups in total. The molecule has 0 saturated carbocycles. The Kier molecular flexibility index (Phi) is 8.05. The van der Waals surface area contributed by atoms with Crippen LogP contribution in [0.4, 0.5) is 20.2 Å². The van der Waals surface area contributed by atoms with Crippen molar-refractivity contribution in [2.45, 2.75) is 32.1 Å². The van der Waals surface area contributed by atoms with Crippen LogP contribution in [-0.2, 0) is 4.74 Å². The van der Waals surface area contributed by atoms with Crippen LogP contribution in [0.2, 0.25) is 0 Å². The first-order valence-electron chi connectivity index (χ1n) is 11.8. The van der Waals surface area contributed by atoms with Crippen LogP contribution in [0, 0.1) is 21.7 Å². The van der Waals surface area contributed by atoms with E-state index in [4.69, 9.17) is 4.74 Å². The fourth-order valence-electron chi connectivity index (χ4n) is 4.42. The number of nitro benzene ring substituents is 1. The molecule has 3 aromatic rings. The molecule has 1 atom stereocenters. The molecule has 6 nitrogen and oxygen atoms in total. The van der Waals surface area contributed by atoms with Crippen LogP contribution < -0.4 is 4.90 Å². The highest BCUT2D eigenvalue weighted by molar-refractivity contribution is 5.51. The summed E-state index contributed by atoms with van der Waals surface area (Å²) >= 11 is 0. The van der Waals surface area contributed by atoms with E-state index in [0.717, 1.165) is 55.8 Å². The summed E-state index contributed by atoms with van der Waals surface area (Å²) in [5.41, 5.74) is 2.65. The van der Waals surface area contributed by atoms with Gasteiger partial charge in [-0.05, 0) is 53.9 Å². The quantitative estimate of drug-likeness (QED) is 0.280. The molecule has 1 saturated heterocycles. The van der Waals surface area contributed by atoms with Gasteiger partial charge in [-0.15, -0.1) is 0 Å². The van der Waals surface area contributed by atoms with E-state index in [9.17, 15) is 18.9 Å². The Labute approximate surface area is 203 Å². The number of non-ortho nitro benzene ring substituents is 1. The zero-order valence-electron chi connectivity index (χ0n) is 19.6. The lowest BCUT2D eigenvalue weighted by Gasteiger charge is -2.41. The van der Waals surface area contributed by atoms with Crippen LogP contribution in [0.5, 0.6) is 0 Å². The molecule has 1 unspecified atom stereocenters. The Morgan fingerprint density at radius 2 is 1.37 bits per heavy atom. The lowest BCUT2D eigenvalue weighted by molar-refractivity contribution is -0.384. The molecular weight excluding hydrogens is 452 g/mol. The summed E-state index contributed by atoms with van der Waals surface area (Å²) in [5, 5.41) is 10.9. The summed E-state index contributed by atoms with van der Waals surface area (Å²) in [6.45, 7) is 5.16. The van der Waals surface area contributed by atoms with Crippen molar-refractivity contribution in [1.82, 2.24) is 4.90 Å². The van der Waals surface area contributed by atoms with Crippen molar-refractivity contribution in [1.29, 1.82) is 0 Å². The first-order chi connectivity index (χ1) is 16.9. The summed E-state index contributed by atoms with van der Waals surface area (Å²) in [6, 6.07) is 19.1. The number of piperazine rings is 1. The van der Waals surface area contributed by atoms with E-state index in [1.165, 1.54) is 36.4 Å². The van der Waals surface area contributed by atoms with Gasteiger partial charge in [0, 0.05) is 44.0 Å². The van der Waals surface area contributed by atoms with E-state index in [1.54, 1.807) is 36.4 Å². The summed E-state index contributed by atoms with van der Waals surface area (Å²) in [7, 11) is 0. The Morgan fingerprint density at radius 1 is 0.857 bits per heavy atom. The Bertz CT molecular complexity index is 1050. The molecule has 1 heterocycles. The molecule has 0 bridgehead atoms. The molecule has 184 valence electrons. The van der Waals surface area contributed by atoms with E-state index in [1.807, 2.05) is 0 Å². The van der Waals surface area contributed by atoms with Gasteiger partial charge in [-0.25, -0.2) is 8.78 Å². The molecule has 8 heteroatoms. The number of hydrogen-bond donors (Lipinski definition) is 0. The number of halogens is 2. The summed E-state index contributed by atoms with van der Waals surface area (Å²) in [5.74, 6) is -0.641. The molecule has 4 rings (SSSR count). The summed E-state index contributed by atoms with van der Waals surface area (Å²) in [4.78, 5) is 15.0. The first kappa shape index (κ1) is 24.8. The SMILES string of the molecule is CCCC(OC(c1ccc(F)cc1)c1ccc(F)cc1)N1CCN(c2ccc([N+](=O)[O-])cc2)CC1. The lowest BCUT2D eigenvalue weighted by Crippen LogP contribution is -2.51. The van der Waals surface area contributed by atoms with E-state index in [2.05, 4.69) is 16.7 Å². The maximum absolute atomic E-state index is 13.6. The number of rotatable bonds is 9. The molecular formula is C27H29F2N3O3. The molecule has 1 fully saturated rings. The average Bonchev–Trinajstić information content (AvgIpc) is 2.88. The molecule has 0 amide bonds. The van der Waals surface area contributed by atoms with Crippen molar-refractivity contribution in [2.75, 3.05) is 31.1 Å². The monoisotopic (exact) mass is 481 g/mol. The zero-order chi connectivity index (χ0) is 24.8. The third kappa shape index (κ3) is 6.21. The second-order valence-electron chi connectivity index (χ2n) is 8.66. The second-order valence-corrected chi connectivity index (χ2v) is 8.66. The van der Waals surface area contributed by atoms with Crippen LogP contribution in [0.1, 0.15) is 37.0 Å². The van der Waals surface area contributed by atoms with Gasteiger partial charge in [0.2, 0.25) is 0 Å². The van der Waals surface area contributed by atoms with Crippen LogP contribution in [0.3, 0.4) is 0 Å². The molecule has 0 aromatic heterocycles. The maximum atomic E-state index is 13.6. The smallest absolute Gasteiger partial charge is 0.269 e. The number of anilines is 1. The van der Waals surface area contributed by atoms with Crippen LogP contribution >= 0.6 is 0 Å². The molecule has 3 aromatic carbocycles. The number of hydrogen-bond acceptors (Lipinski definition) is 5. The van der Waals surface area contributed by atoms with Crippen molar-refractivity contribution in [3.05, 3.63) is 106 Å². The van der Waals surface area contributed by atoms with Gasteiger partial charge in [0.05, 0.1) is 4.92 Å². The minimum absolute atomic E-state index is 0.0800. The van der Waals surface area contributed by atoms with E-state index < -0.39 is 11.0 Å². The third-order valence-electron chi connectivity index (χ3n) is 6.32. The molecule has 1 aliphatic heterocycles. The number of benzene rings is 3. The third-order valence-corrected chi connectivity index (χ3v) is 6.32. The van der Waals surface area contributed by atoms with Crippen LogP contribution in [0.15, 0.2) is 72.8 Å². The standard InChI is InChI=1S/C27H29F2N3O3/c1-2-3-26(31-18-16-30(17-19-31)24-12-14-25(15-13-24)32(33)34)35-27(20-4-8-22(28)9-5-20)21-6-10-23(29)11-7-21/h4-15,26-27H,2-3,16-19H2,1H3. The Balaban J connectivity index is 1.49. The van der Waals surface area contributed by atoms with Gasteiger partial charge >= 0.3 is 0 Å².